The maximum absolute atomic E-state index is 5.85. The van der Waals surface area contributed by atoms with E-state index < -0.39 is 0 Å². The molecule has 1 atom stereocenters. The van der Waals surface area contributed by atoms with Crippen molar-refractivity contribution in [2.45, 2.75) is 18.9 Å². The van der Waals surface area contributed by atoms with Gasteiger partial charge in [0.25, 0.3) is 0 Å². The Balaban J connectivity index is 1.88. The summed E-state index contributed by atoms with van der Waals surface area (Å²) in [5.74, 6) is 0.731. The van der Waals surface area contributed by atoms with Gasteiger partial charge in [-0.1, -0.05) is 18.2 Å². The number of aromatic nitrogens is 1. The summed E-state index contributed by atoms with van der Waals surface area (Å²) in [4.78, 5) is 4.24. The maximum atomic E-state index is 5.85. The smallest absolute Gasteiger partial charge is 0.221 e. The van der Waals surface area contributed by atoms with Crippen LogP contribution in [0.1, 0.15) is 18.4 Å². The van der Waals surface area contributed by atoms with Gasteiger partial charge in [-0.3, -0.25) is 0 Å². The fourth-order valence-corrected chi connectivity index (χ4v) is 2.00. The fourth-order valence-electron chi connectivity index (χ4n) is 2.00. The van der Waals surface area contributed by atoms with Crippen LogP contribution < -0.4 is 4.74 Å². The molecule has 0 spiro atoms. The Morgan fingerprint density at radius 3 is 3.12 bits per heavy atom. The Kier molecular flexibility index (Phi) is 2.33. The zero-order chi connectivity index (χ0) is 10.8. The van der Waals surface area contributed by atoms with Crippen LogP contribution in [0.2, 0.25) is 0 Å². The Morgan fingerprint density at radius 1 is 1.25 bits per heavy atom. The zero-order valence-electron chi connectivity index (χ0n) is 8.97. The van der Waals surface area contributed by atoms with E-state index in [1.165, 1.54) is 5.57 Å². The molecule has 2 nitrogen and oxygen atoms in total. The van der Waals surface area contributed by atoms with Crippen LogP contribution in [0.4, 0.5) is 0 Å². The van der Waals surface area contributed by atoms with Gasteiger partial charge in [-0.05, 0) is 42.7 Å². The van der Waals surface area contributed by atoms with Gasteiger partial charge in [0.15, 0.2) is 0 Å². The third kappa shape index (κ3) is 1.67. The molecule has 80 valence electrons. The molecule has 0 saturated carbocycles. The van der Waals surface area contributed by atoms with E-state index in [4.69, 9.17) is 4.74 Å². The first-order valence-electron chi connectivity index (χ1n) is 5.60. The van der Waals surface area contributed by atoms with Crippen molar-refractivity contribution in [3.05, 3.63) is 53.8 Å². The van der Waals surface area contributed by atoms with Crippen molar-refractivity contribution < 1.29 is 4.74 Å². The molecule has 2 aliphatic rings. The van der Waals surface area contributed by atoms with E-state index in [1.54, 1.807) is 6.20 Å². The first kappa shape index (κ1) is 9.40. The first-order valence-corrected chi connectivity index (χ1v) is 5.60. The van der Waals surface area contributed by atoms with Crippen molar-refractivity contribution in [1.29, 1.82) is 0 Å². The molecule has 0 radical (unpaired) electrons. The monoisotopic (exact) mass is 211 g/mol. The lowest BCUT2D eigenvalue weighted by Gasteiger charge is -2.22. The summed E-state index contributed by atoms with van der Waals surface area (Å²) in [6.45, 7) is 0. The van der Waals surface area contributed by atoms with Crippen molar-refractivity contribution in [2.75, 3.05) is 0 Å². The van der Waals surface area contributed by atoms with Gasteiger partial charge in [-0.2, -0.15) is 0 Å². The SMILES string of the molecule is C1=CC(C2C=Cc3cccnc3O2)=CCC1. The Hall–Kier alpha value is -1.83. The molecular weight excluding hydrogens is 198 g/mol. The molecular formula is C14H13NO. The molecule has 16 heavy (non-hydrogen) atoms. The number of pyridine rings is 1. The number of hydrogen-bond acceptors (Lipinski definition) is 2. The lowest BCUT2D eigenvalue weighted by Crippen LogP contribution is -2.20. The summed E-state index contributed by atoms with van der Waals surface area (Å²) in [7, 11) is 0. The highest BCUT2D eigenvalue weighted by Crippen LogP contribution is 2.27. The second-order valence-corrected chi connectivity index (χ2v) is 3.98. The molecule has 1 aromatic heterocycles. The molecule has 0 fully saturated rings. The van der Waals surface area contributed by atoms with E-state index in [0.29, 0.717) is 0 Å². The van der Waals surface area contributed by atoms with E-state index >= 15 is 0 Å². The van der Waals surface area contributed by atoms with Crippen molar-refractivity contribution >= 4 is 6.08 Å². The molecule has 3 rings (SSSR count). The van der Waals surface area contributed by atoms with Gasteiger partial charge in [0.1, 0.15) is 6.10 Å². The van der Waals surface area contributed by atoms with Crippen molar-refractivity contribution in [3.63, 3.8) is 0 Å². The van der Waals surface area contributed by atoms with Gasteiger partial charge in [-0.25, -0.2) is 4.98 Å². The minimum atomic E-state index is 0.0268. The second kappa shape index (κ2) is 3.97. The predicted molar refractivity (Wildman–Crippen MR) is 64.1 cm³/mol. The summed E-state index contributed by atoms with van der Waals surface area (Å²) in [6, 6.07) is 3.94. The Labute approximate surface area is 95.0 Å². The van der Waals surface area contributed by atoms with E-state index in [9.17, 15) is 0 Å². The van der Waals surface area contributed by atoms with Gasteiger partial charge < -0.3 is 4.74 Å². The number of rotatable bonds is 1. The van der Waals surface area contributed by atoms with Gasteiger partial charge in [0.05, 0.1) is 0 Å². The average Bonchev–Trinajstić information content (AvgIpc) is 2.39. The van der Waals surface area contributed by atoms with E-state index in [2.05, 4.69) is 35.4 Å². The predicted octanol–water partition coefficient (Wildman–Crippen LogP) is 3.13. The standard InChI is InChI=1S/C14H13NO/c1-2-5-11(6-3-1)13-9-8-12-7-4-10-15-14(12)16-13/h2,4-10,13H,1,3H2. The van der Waals surface area contributed by atoms with E-state index in [-0.39, 0.29) is 6.10 Å². The normalized spacial score (nSPS) is 22.2. The van der Waals surface area contributed by atoms with Crippen molar-refractivity contribution in [3.8, 4) is 5.88 Å². The zero-order valence-corrected chi connectivity index (χ0v) is 8.97. The van der Waals surface area contributed by atoms with Gasteiger partial charge >= 0.3 is 0 Å². The molecule has 0 aromatic carbocycles. The average molecular weight is 211 g/mol. The van der Waals surface area contributed by atoms with Gasteiger partial charge in [0, 0.05) is 11.8 Å². The van der Waals surface area contributed by atoms with Crippen LogP contribution in [0, 0.1) is 0 Å². The number of fused-ring (bicyclic) bond motifs is 1. The Morgan fingerprint density at radius 2 is 2.25 bits per heavy atom. The van der Waals surface area contributed by atoms with Crippen LogP contribution in [0.15, 0.2) is 48.2 Å². The van der Waals surface area contributed by atoms with Crippen LogP contribution in [0.5, 0.6) is 5.88 Å². The van der Waals surface area contributed by atoms with Crippen LogP contribution in [0.25, 0.3) is 6.08 Å². The summed E-state index contributed by atoms with van der Waals surface area (Å²) < 4.78 is 5.85. The Bertz CT molecular complexity index is 485. The van der Waals surface area contributed by atoms with Crippen molar-refractivity contribution in [1.82, 2.24) is 4.98 Å². The number of hydrogen-bond donors (Lipinski definition) is 0. The molecule has 1 aromatic rings. The van der Waals surface area contributed by atoms with Crippen molar-refractivity contribution in [2.24, 2.45) is 0 Å². The quantitative estimate of drug-likeness (QED) is 0.712. The summed E-state index contributed by atoms with van der Waals surface area (Å²) in [5.41, 5.74) is 2.29. The minimum absolute atomic E-state index is 0.0268. The van der Waals surface area contributed by atoms with E-state index in [0.717, 1.165) is 24.3 Å². The molecule has 0 bridgehead atoms. The first-order chi connectivity index (χ1) is 7.93. The molecule has 0 N–H and O–H groups in total. The van der Waals surface area contributed by atoms with E-state index in [1.807, 2.05) is 12.1 Å². The molecule has 1 aliphatic heterocycles. The second-order valence-electron chi connectivity index (χ2n) is 3.98. The molecule has 0 saturated heterocycles. The summed E-state index contributed by atoms with van der Waals surface area (Å²) in [5, 5.41) is 0. The molecule has 0 amide bonds. The number of ether oxygens (including phenoxy) is 1. The minimum Gasteiger partial charge on any atom is -0.465 e. The number of allylic oxidation sites excluding steroid dienone is 2. The molecule has 2 heteroatoms. The van der Waals surface area contributed by atoms with Crippen LogP contribution in [-0.4, -0.2) is 11.1 Å². The number of nitrogens with zero attached hydrogens (tertiary/aromatic N) is 1. The van der Waals surface area contributed by atoms with Crippen LogP contribution in [0.3, 0.4) is 0 Å². The van der Waals surface area contributed by atoms with Crippen LogP contribution in [-0.2, 0) is 0 Å². The largest absolute Gasteiger partial charge is 0.465 e. The summed E-state index contributed by atoms with van der Waals surface area (Å²) >= 11 is 0. The third-order valence-corrected chi connectivity index (χ3v) is 2.84. The maximum Gasteiger partial charge on any atom is 0.221 e. The highest BCUT2D eigenvalue weighted by Gasteiger charge is 2.18. The van der Waals surface area contributed by atoms with Gasteiger partial charge in [0.2, 0.25) is 5.88 Å². The van der Waals surface area contributed by atoms with Crippen LogP contribution >= 0.6 is 0 Å². The highest BCUT2D eigenvalue weighted by molar-refractivity contribution is 5.58. The van der Waals surface area contributed by atoms with Gasteiger partial charge in [-0.15, -0.1) is 0 Å². The molecule has 1 aliphatic carbocycles. The third-order valence-electron chi connectivity index (χ3n) is 2.84. The molecule has 2 heterocycles. The fraction of sp³-hybridized carbons (Fsp3) is 0.214. The highest BCUT2D eigenvalue weighted by atomic mass is 16.5. The topological polar surface area (TPSA) is 22.1 Å². The molecule has 1 unspecified atom stereocenters. The lowest BCUT2D eigenvalue weighted by atomic mass is 10.00. The lowest BCUT2D eigenvalue weighted by molar-refractivity contribution is 0.271. The summed E-state index contributed by atoms with van der Waals surface area (Å²) in [6.07, 6.45) is 14.8.